The molecular formula is C11H18BrN3. The molecule has 0 atom stereocenters. The molecule has 0 bridgehead atoms. The van der Waals surface area contributed by atoms with Crippen LogP contribution in [0.1, 0.15) is 24.7 Å². The molecule has 1 aromatic heterocycles. The third-order valence-corrected chi connectivity index (χ3v) is 2.71. The van der Waals surface area contributed by atoms with E-state index in [1.165, 1.54) is 0 Å². The van der Waals surface area contributed by atoms with E-state index < -0.39 is 0 Å². The normalized spacial score (nSPS) is 10.4. The molecule has 0 aromatic carbocycles. The smallest absolute Gasteiger partial charge is 0.147 e. The lowest BCUT2D eigenvalue weighted by molar-refractivity contribution is 0.776. The van der Waals surface area contributed by atoms with Gasteiger partial charge in [0, 0.05) is 18.4 Å². The van der Waals surface area contributed by atoms with Crippen LogP contribution in [0.2, 0.25) is 0 Å². The molecular weight excluding hydrogens is 254 g/mol. The molecule has 3 nitrogen and oxygen atoms in total. The van der Waals surface area contributed by atoms with Gasteiger partial charge in [-0.15, -0.1) is 0 Å². The van der Waals surface area contributed by atoms with E-state index in [9.17, 15) is 0 Å². The van der Waals surface area contributed by atoms with E-state index in [0.717, 1.165) is 42.0 Å². The third kappa shape index (κ3) is 3.45. The van der Waals surface area contributed by atoms with Gasteiger partial charge in [-0.05, 0) is 20.3 Å². The highest BCUT2D eigenvalue weighted by Crippen LogP contribution is 2.12. The highest BCUT2D eigenvalue weighted by molar-refractivity contribution is 9.09. The molecule has 0 N–H and O–H groups in total. The Morgan fingerprint density at radius 2 is 2.00 bits per heavy atom. The van der Waals surface area contributed by atoms with Crippen molar-refractivity contribution in [1.29, 1.82) is 0 Å². The molecule has 0 spiro atoms. The van der Waals surface area contributed by atoms with Crippen LogP contribution in [0.3, 0.4) is 0 Å². The van der Waals surface area contributed by atoms with E-state index in [1.807, 2.05) is 20.0 Å². The van der Waals surface area contributed by atoms with Crippen molar-refractivity contribution < 1.29 is 0 Å². The molecule has 84 valence electrons. The van der Waals surface area contributed by atoms with Crippen molar-refractivity contribution in [2.75, 3.05) is 23.3 Å². The molecule has 0 radical (unpaired) electrons. The lowest BCUT2D eigenvalue weighted by Gasteiger charge is -2.22. The van der Waals surface area contributed by atoms with Gasteiger partial charge < -0.3 is 4.90 Å². The standard InChI is InChI=1S/C11H18BrN3/c1-4-6-15(7-5-12)11-8-13-9(2)10(3)14-11/h8H,4-7H2,1-3H3. The van der Waals surface area contributed by atoms with E-state index in [-0.39, 0.29) is 0 Å². The van der Waals surface area contributed by atoms with Gasteiger partial charge >= 0.3 is 0 Å². The van der Waals surface area contributed by atoms with Gasteiger partial charge in [0.1, 0.15) is 5.82 Å². The van der Waals surface area contributed by atoms with Gasteiger partial charge in [0.05, 0.1) is 17.6 Å². The number of alkyl halides is 1. The highest BCUT2D eigenvalue weighted by atomic mass is 79.9. The van der Waals surface area contributed by atoms with E-state index in [0.29, 0.717) is 0 Å². The first-order valence-electron chi connectivity index (χ1n) is 5.30. The van der Waals surface area contributed by atoms with Gasteiger partial charge in [-0.1, -0.05) is 22.9 Å². The fraction of sp³-hybridized carbons (Fsp3) is 0.636. The highest BCUT2D eigenvalue weighted by Gasteiger charge is 2.07. The first-order valence-corrected chi connectivity index (χ1v) is 6.42. The summed E-state index contributed by atoms with van der Waals surface area (Å²) in [5, 5.41) is 0.960. The minimum atomic E-state index is 0.960. The quantitative estimate of drug-likeness (QED) is 0.772. The molecule has 0 aliphatic carbocycles. The van der Waals surface area contributed by atoms with Gasteiger partial charge in [-0.25, -0.2) is 4.98 Å². The van der Waals surface area contributed by atoms with Gasteiger partial charge in [0.2, 0.25) is 0 Å². The molecule has 0 aliphatic rings. The summed E-state index contributed by atoms with van der Waals surface area (Å²) in [6.07, 6.45) is 2.99. The largest absolute Gasteiger partial charge is 0.355 e. The first-order chi connectivity index (χ1) is 7.19. The van der Waals surface area contributed by atoms with Crippen molar-refractivity contribution in [2.24, 2.45) is 0 Å². The zero-order valence-corrected chi connectivity index (χ0v) is 11.2. The Balaban J connectivity index is 2.85. The minimum Gasteiger partial charge on any atom is -0.355 e. The lowest BCUT2D eigenvalue weighted by Crippen LogP contribution is -2.27. The Labute approximate surface area is 100 Å². The van der Waals surface area contributed by atoms with Crippen LogP contribution < -0.4 is 4.90 Å². The number of anilines is 1. The van der Waals surface area contributed by atoms with Crippen LogP contribution in [-0.2, 0) is 0 Å². The number of aromatic nitrogens is 2. The molecule has 0 fully saturated rings. The van der Waals surface area contributed by atoms with Crippen molar-refractivity contribution in [3.8, 4) is 0 Å². The van der Waals surface area contributed by atoms with Crippen LogP contribution in [0.15, 0.2) is 6.20 Å². The number of rotatable bonds is 5. The van der Waals surface area contributed by atoms with Crippen LogP contribution in [0.4, 0.5) is 5.82 Å². The summed E-state index contributed by atoms with van der Waals surface area (Å²) in [7, 11) is 0. The third-order valence-electron chi connectivity index (χ3n) is 2.35. The topological polar surface area (TPSA) is 29.0 Å². The van der Waals surface area contributed by atoms with Crippen molar-refractivity contribution >= 4 is 21.7 Å². The second-order valence-electron chi connectivity index (χ2n) is 3.58. The Bertz CT molecular complexity index is 309. The molecule has 0 amide bonds. The van der Waals surface area contributed by atoms with Crippen LogP contribution in [0, 0.1) is 13.8 Å². The second-order valence-corrected chi connectivity index (χ2v) is 4.37. The molecule has 1 heterocycles. The number of hydrogen-bond acceptors (Lipinski definition) is 3. The average Bonchev–Trinajstić information content (AvgIpc) is 2.22. The van der Waals surface area contributed by atoms with E-state index in [4.69, 9.17) is 0 Å². The lowest BCUT2D eigenvalue weighted by atomic mass is 10.3. The van der Waals surface area contributed by atoms with Crippen molar-refractivity contribution in [2.45, 2.75) is 27.2 Å². The molecule has 0 saturated heterocycles. The number of aryl methyl sites for hydroxylation is 2. The average molecular weight is 272 g/mol. The Kier molecular flexibility index (Phi) is 5.02. The van der Waals surface area contributed by atoms with Gasteiger partial charge in [-0.3, -0.25) is 4.98 Å². The van der Waals surface area contributed by atoms with Gasteiger partial charge in [0.25, 0.3) is 0 Å². The number of hydrogen-bond donors (Lipinski definition) is 0. The predicted molar refractivity (Wildman–Crippen MR) is 67.8 cm³/mol. The van der Waals surface area contributed by atoms with Crippen LogP contribution in [-0.4, -0.2) is 28.4 Å². The number of halogens is 1. The molecule has 15 heavy (non-hydrogen) atoms. The van der Waals surface area contributed by atoms with E-state index in [2.05, 4.69) is 37.7 Å². The summed E-state index contributed by atoms with van der Waals surface area (Å²) in [5.41, 5.74) is 2.03. The van der Waals surface area contributed by atoms with E-state index >= 15 is 0 Å². The monoisotopic (exact) mass is 271 g/mol. The van der Waals surface area contributed by atoms with Crippen molar-refractivity contribution in [3.05, 3.63) is 17.6 Å². The first kappa shape index (κ1) is 12.4. The number of nitrogens with zero attached hydrogens (tertiary/aromatic N) is 3. The maximum absolute atomic E-state index is 4.55. The zero-order valence-electron chi connectivity index (χ0n) is 9.63. The fourth-order valence-corrected chi connectivity index (χ4v) is 1.82. The van der Waals surface area contributed by atoms with Crippen LogP contribution >= 0.6 is 15.9 Å². The fourth-order valence-electron chi connectivity index (χ4n) is 1.39. The summed E-state index contributed by atoms with van der Waals surface area (Å²) in [6, 6.07) is 0. The Morgan fingerprint density at radius 3 is 2.53 bits per heavy atom. The summed E-state index contributed by atoms with van der Waals surface area (Å²) >= 11 is 3.46. The summed E-state index contributed by atoms with van der Waals surface area (Å²) < 4.78 is 0. The van der Waals surface area contributed by atoms with Crippen LogP contribution in [0.5, 0.6) is 0 Å². The minimum absolute atomic E-state index is 0.960. The summed E-state index contributed by atoms with van der Waals surface area (Å²) in [4.78, 5) is 11.2. The van der Waals surface area contributed by atoms with Gasteiger partial charge in [-0.2, -0.15) is 0 Å². The van der Waals surface area contributed by atoms with Gasteiger partial charge in [0.15, 0.2) is 0 Å². The predicted octanol–water partition coefficient (Wildman–Crippen LogP) is 2.70. The molecule has 0 aliphatic heterocycles. The molecule has 1 aromatic rings. The van der Waals surface area contributed by atoms with Crippen molar-refractivity contribution in [1.82, 2.24) is 9.97 Å². The zero-order chi connectivity index (χ0) is 11.3. The molecule has 4 heteroatoms. The Hall–Kier alpha value is -0.640. The van der Waals surface area contributed by atoms with E-state index in [1.54, 1.807) is 0 Å². The molecule has 0 saturated carbocycles. The maximum atomic E-state index is 4.55. The maximum Gasteiger partial charge on any atom is 0.147 e. The molecule has 1 rings (SSSR count). The molecule has 0 unspecified atom stereocenters. The summed E-state index contributed by atoms with van der Waals surface area (Å²) in [6.45, 7) is 8.17. The SMILES string of the molecule is CCCN(CCBr)c1cnc(C)c(C)n1. The summed E-state index contributed by atoms with van der Waals surface area (Å²) in [5.74, 6) is 0.986. The Morgan fingerprint density at radius 1 is 1.27 bits per heavy atom. The second kappa shape index (κ2) is 6.05. The van der Waals surface area contributed by atoms with Crippen LogP contribution in [0.25, 0.3) is 0 Å². The van der Waals surface area contributed by atoms with Crippen molar-refractivity contribution in [3.63, 3.8) is 0 Å².